The number of aliphatic imine (C=N–C) groups is 2. The van der Waals surface area contributed by atoms with Crippen LogP contribution in [0.1, 0.15) is 20.3 Å². The summed E-state index contributed by atoms with van der Waals surface area (Å²) in [5, 5.41) is 2.08. The topological polar surface area (TPSA) is 28.0 Å². The van der Waals surface area contributed by atoms with Gasteiger partial charge in [-0.05, 0) is 38.6 Å². The Kier molecular flexibility index (Phi) is 11.0. The van der Waals surface area contributed by atoms with Crippen molar-refractivity contribution in [2.45, 2.75) is 20.3 Å². The number of hydrogen-bond acceptors (Lipinski definition) is 4. The molecule has 0 aliphatic heterocycles. The van der Waals surface area contributed by atoms with Gasteiger partial charge < -0.3 is 4.90 Å². The molecule has 0 spiro atoms. The fourth-order valence-electron chi connectivity index (χ4n) is 0.886. The van der Waals surface area contributed by atoms with Crippen LogP contribution in [-0.2, 0) is 0 Å². The van der Waals surface area contributed by atoms with E-state index >= 15 is 0 Å². The minimum Gasteiger partial charge on any atom is -0.306 e. The van der Waals surface area contributed by atoms with Crippen molar-refractivity contribution in [2.24, 2.45) is 9.98 Å². The van der Waals surface area contributed by atoms with Gasteiger partial charge in [-0.1, -0.05) is 13.0 Å². The van der Waals surface area contributed by atoms with Crippen LogP contribution in [0, 0.1) is 0 Å². The third-order valence-corrected chi connectivity index (χ3v) is 2.82. The standard InChI is InChI=1S/C13H23N3S/c1-5-11-17-12-13(2)15-9-8-14-7-6-10-16(3)4/h6-9,12H,5,10-11H2,1-4H3/b7-6?,13-12+,14-8?,15-9?. The van der Waals surface area contributed by atoms with Gasteiger partial charge >= 0.3 is 0 Å². The molecular weight excluding hydrogens is 230 g/mol. The second-order valence-corrected chi connectivity index (χ2v) is 4.83. The molecule has 0 fully saturated rings. The van der Waals surface area contributed by atoms with Crippen molar-refractivity contribution in [1.29, 1.82) is 0 Å². The Hall–Kier alpha value is -0.870. The van der Waals surface area contributed by atoms with Crippen LogP contribution in [0.3, 0.4) is 0 Å². The highest BCUT2D eigenvalue weighted by molar-refractivity contribution is 8.02. The first-order valence-electron chi connectivity index (χ1n) is 5.80. The summed E-state index contributed by atoms with van der Waals surface area (Å²) in [7, 11) is 4.05. The molecule has 0 unspecified atom stereocenters. The van der Waals surface area contributed by atoms with Gasteiger partial charge in [0.2, 0.25) is 0 Å². The van der Waals surface area contributed by atoms with Crippen LogP contribution < -0.4 is 0 Å². The third-order valence-electron chi connectivity index (χ3n) is 1.67. The molecule has 0 saturated heterocycles. The quantitative estimate of drug-likeness (QED) is 0.491. The summed E-state index contributed by atoms with van der Waals surface area (Å²) < 4.78 is 0. The molecule has 0 aromatic carbocycles. The maximum atomic E-state index is 4.25. The lowest BCUT2D eigenvalue weighted by atomic mass is 10.5. The molecular formula is C13H23N3S. The number of likely N-dealkylation sites (N-methyl/N-ethyl adjacent to an activating group) is 1. The lowest BCUT2D eigenvalue weighted by molar-refractivity contribution is 0.456. The van der Waals surface area contributed by atoms with E-state index < -0.39 is 0 Å². The number of allylic oxidation sites excluding steroid dienone is 1. The molecule has 0 aromatic heterocycles. The van der Waals surface area contributed by atoms with Crippen LogP contribution in [0.25, 0.3) is 0 Å². The van der Waals surface area contributed by atoms with Gasteiger partial charge in [-0.25, -0.2) is 0 Å². The molecule has 17 heavy (non-hydrogen) atoms. The fraction of sp³-hybridized carbons (Fsp3) is 0.538. The smallest absolute Gasteiger partial charge is 0.0454 e. The minimum atomic E-state index is 0.904. The van der Waals surface area contributed by atoms with E-state index in [0.29, 0.717) is 0 Å². The molecule has 0 aromatic rings. The molecule has 0 atom stereocenters. The molecule has 0 amide bonds. The lowest BCUT2D eigenvalue weighted by Gasteiger charge is -2.02. The van der Waals surface area contributed by atoms with E-state index in [-0.39, 0.29) is 0 Å². The minimum absolute atomic E-state index is 0.904. The average Bonchev–Trinajstić information content (AvgIpc) is 2.28. The summed E-state index contributed by atoms with van der Waals surface area (Å²) >= 11 is 1.80. The second-order valence-electron chi connectivity index (χ2n) is 3.85. The predicted octanol–water partition coefficient (Wildman–Crippen LogP) is 3.21. The number of rotatable bonds is 8. The monoisotopic (exact) mass is 253 g/mol. The van der Waals surface area contributed by atoms with Crippen molar-refractivity contribution in [1.82, 2.24) is 4.90 Å². The highest BCUT2D eigenvalue weighted by Crippen LogP contribution is 2.08. The average molecular weight is 253 g/mol. The molecule has 4 heteroatoms. The van der Waals surface area contributed by atoms with Crippen molar-refractivity contribution < 1.29 is 0 Å². The highest BCUT2D eigenvalue weighted by atomic mass is 32.2. The first-order chi connectivity index (χ1) is 8.16. The molecule has 0 N–H and O–H groups in total. The molecule has 0 aliphatic rings. The van der Waals surface area contributed by atoms with Crippen molar-refractivity contribution in [3.8, 4) is 0 Å². The molecule has 0 rings (SSSR count). The number of hydrogen-bond donors (Lipinski definition) is 0. The first kappa shape index (κ1) is 16.1. The largest absolute Gasteiger partial charge is 0.306 e. The zero-order valence-electron chi connectivity index (χ0n) is 11.3. The number of nitrogens with zero attached hydrogens (tertiary/aromatic N) is 3. The van der Waals surface area contributed by atoms with Crippen LogP contribution in [0.5, 0.6) is 0 Å². The summed E-state index contributed by atoms with van der Waals surface area (Å²) in [6.45, 7) is 5.07. The Morgan fingerprint density at radius 1 is 1.29 bits per heavy atom. The predicted molar refractivity (Wildman–Crippen MR) is 81.2 cm³/mol. The normalized spacial score (nSPS) is 13.8. The van der Waals surface area contributed by atoms with E-state index in [1.807, 2.05) is 27.1 Å². The molecule has 0 radical (unpaired) electrons. The van der Waals surface area contributed by atoms with Gasteiger partial charge in [0.25, 0.3) is 0 Å². The van der Waals surface area contributed by atoms with Crippen molar-refractivity contribution in [2.75, 3.05) is 26.4 Å². The highest BCUT2D eigenvalue weighted by Gasteiger charge is 1.83. The van der Waals surface area contributed by atoms with Crippen molar-refractivity contribution in [3.05, 3.63) is 23.4 Å². The van der Waals surface area contributed by atoms with E-state index in [9.17, 15) is 0 Å². The third kappa shape index (κ3) is 13.1. The van der Waals surface area contributed by atoms with E-state index in [1.54, 1.807) is 30.4 Å². The maximum absolute atomic E-state index is 4.25. The van der Waals surface area contributed by atoms with Crippen molar-refractivity contribution in [3.63, 3.8) is 0 Å². The van der Waals surface area contributed by atoms with Gasteiger partial charge in [0.1, 0.15) is 0 Å². The van der Waals surface area contributed by atoms with Crippen molar-refractivity contribution >= 4 is 24.2 Å². The fourth-order valence-corrected chi connectivity index (χ4v) is 1.54. The maximum Gasteiger partial charge on any atom is 0.0454 e. The molecule has 3 nitrogen and oxygen atoms in total. The summed E-state index contributed by atoms with van der Waals surface area (Å²) in [5.74, 6) is 1.15. The van der Waals surface area contributed by atoms with E-state index in [0.717, 1.165) is 18.0 Å². The Labute approximate surface area is 109 Å². The summed E-state index contributed by atoms with van der Waals surface area (Å²) in [4.78, 5) is 10.4. The van der Waals surface area contributed by atoms with Crippen LogP contribution in [0.15, 0.2) is 33.4 Å². The summed E-state index contributed by atoms with van der Waals surface area (Å²) in [5.41, 5.74) is 1.02. The van der Waals surface area contributed by atoms with Gasteiger partial charge in [0, 0.05) is 30.9 Å². The van der Waals surface area contributed by atoms with Gasteiger partial charge in [-0.15, -0.1) is 11.8 Å². The Balaban J connectivity index is 3.81. The summed E-state index contributed by atoms with van der Waals surface area (Å²) in [6, 6.07) is 0. The molecule has 0 saturated carbocycles. The molecule has 0 heterocycles. The van der Waals surface area contributed by atoms with E-state index in [2.05, 4.69) is 27.2 Å². The Morgan fingerprint density at radius 2 is 2.06 bits per heavy atom. The number of thioether (sulfide) groups is 1. The van der Waals surface area contributed by atoms with Crippen LogP contribution in [-0.4, -0.2) is 43.7 Å². The van der Waals surface area contributed by atoms with Crippen LogP contribution >= 0.6 is 11.8 Å². The van der Waals surface area contributed by atoms with Gasteiger partial charge in [-0.2, -0.15) is 0 Å². The summed E-state index contributed by atoms with van der Waals surface area (Å²) in [6.07, 6.45) is 8.41. The zero-order valence-corrected chi connectivity index (χ0v) is 12.1. The second kappa shape index (κ2) is 11.6. The van der Waals surface area contributed by atoms with Crippen LogP contribution in [0.4, 0.5) is 0 Å². The SMILES string of the molecule is CCCS/C=C(\C)N=CC=NC=CCN(C)C. The van der Waals surface area contributed by atoms with Gasteiger partial charge in [0.15, 0.2) is 0 Å². The Bertz CT molecular complexity index is 291. The first-order valence-corrected chi connectivity index (χ1v) is 6.85. The zero-order chi connectivity index (χ0) is 12.9. The van der Waals surface area contributed by atoms with E-state index in [1.165, 1.54) is 6.42 Å². The lowest BCUT2D eigenvalue weighted by Crippen LogP contribution is -2.10. The van der Waals surface area contributed by atoms with Crippen LogP contribution in [0.2, 0.25) is 0 Å². The van der Waals surface area contributed by atoms with Gasteiger partial charge in [-0.3, -0.25) is 9.98 Å². The van der Waals surface area contributed by atoms with E-state index in [4.69, 9.17) is 0 Å². The van der Waals surface area contributed by atoms with Gasteiger partial charge in [0.05, 0.1) is 0 Å². The molecule has 96 valence electrons. The Morgan fingerprint density at radius 3 is 2.71 bits per heavy atom. The molecule has 0 aliphatic carbocycles. The molecule has 0 bridgehead atoms.